The number of hydrogen-bond acceptors (Lipinski definition) is 3. The van der Waals surface area contributed by atoms with Gasteiger partial charge in [-0.15, -0.1) is 0 Å². The lowest BCUT2D eigenvalue weighted by molar-refractivity contribution is -0.134. The van der Waals surface area contributed by atoms with Gasteiger partial charge in [0, 0.05) is 13.2 Å². The van der Waals surface area contributed by atoms with Gasteiger partial charge < -0.3 is 10.5 Å². The van der Waals surface area contributed by atoms with Gasteiger partial charge in [0.15, 0.2) is 0 Å². The highest BCUT2D eigenvalue weighted by Crippen LogP contribution is 2.30. The zero-order chi connectivity index (χ0) is 11.5. The fraction of sp³-hybridized carbons (Fsp3) is 0.909. The Morgan fingerprint density at radius 3 is 2.67 bits per heavy atom. The quantitative estimate of drug-likeness (QED) is 0.727. The van der Waals surface area contributed by atoms with Crippen LogP contribution in [0.15, 0.2) is 0 Å². The number of ether oxygens (including phenoxy) is 1. The highest BCUT2D eigenvalue weighted by Gasteiger charge is 2.46. The summed E-state index contributed by atoms with van der Waals surface area (Å²) in [6, 6.07) is 0.230. The number of methoxy groups -OCH3 is 1. The van der Waals surface area contributed by atoms with Crippen LogP contribution in [0.25, 0.3) is 0 Å². The van der Waals surface area contributed by atoms with Crippen molar-refractivity contribution < 1.29 is 9.53 Å². The molecule has 3 N–H and O–H groups in total. The van der Waals surface area contributed by atoms with Crippen LogP contribution in [0.1, 0.15) is 39.5 Å². The van der Waals surface area contributed by atoms with E-state index in [0.717, 1.165) is 25.7 Å². The Kier molecular flexibility index (Phi) is 4.11. The van der Waals surface area contributed by atoms with Crippen LogP contribution < -0.4 is 11.1 Å². The van der Waals surface area contributed by atoms with Crippen LogP contribution in [0.5, 0.6) is 0 Å². The molecule has 1 saturated carbocycles. The molecule has 0 aliphatic heterocycles. The smallest absolute Gasteiger partial charge is 0.240 e. The van der Waals surface area contributed by atoms with E-state index in [1.165, 1.54) is 0 Å². The second-order valence-corrected chi connectivity index (χ2v) is 4.60. The van der Waals surface area contributed by atoms with Gasteiger partial charge in [0.2, 0.25) is 5.91 Å². The van der Waals surface area contributed by atoms with E-state index in [0.29, 0.717) is 0 Å². The van der Waals surface area contributed by atoms with E-state index in [4.69, 9.17) is 10.5 Å². The van der Waals surface area contributed by atoms with E-state index < -0.39 is 5.54 Å². The summed E-state index contributed by atoms with van der Waals surface area (Å²) in [5.74, 6) is -0.289. The number of amides is 1. The van der Waals surface area contributed by atoms with Gasteiger partial charge in [-0.05, 0) is 26.7 Å². The number of nitrogens with one attached hydrogen (secondary N) is 1. The van der Waals surface area contributed by atoms with Gasteiger partial charge in [-0.3, -0.25) is 10.1 Å². The maximum atomic E-state index is 11.7. The van der Waals surface area contributed by atoms with Crippen molar-refractivity contribution in [3.63, 3.8) is 0 Å². The van der Waals surface area contributed by atoms with Crippen LogP contribution in [0.4, 0.5) is 0 Å². The van der Waals surface area contributed by atoms with Gasteiger partial charge >= 0.3 is 0 Å². The number of primary amides is 1. The molecule has 0 aromatic rings. The summed E-state index contributed by atoms with van der Waals surface area (Å²) in [5.41, 5.74) is 4.87. The predicted molar refractivity (Wildman–Crippen MR) is 59.5 cm³/mol. The molecule has 1 amide bonds. The Morgan fingerprint density at radius 1 is 1.53 bits per heavy atom. The minimum Gasteiger partial charge on any atom is -0.379 e. The Bertz CT molecular complexity index is 231. The summed E-state index contributed by atoms with van der Waals surface area (Å²) in [7, 11) is 1.65. The molecular formula is C11H22N2O2. The van der Waals surface area contributed by atoms with Crippen molar-refractivity contribution in [2.24, 2.45) is 5.73 Å². The molecule has 1 fully saturated rings. The van der Waals surface area contributed by atoms with Crippen LogP contribution in [0.2, 0.25) is 0 Å². The minimum atomic E-state index is -0.666. The average Bonchev–Trinajstić information content (AvgIpc) is 2.17. The topological polar surface area (TPSA) is 64.3 Å². The molecule has 1 aliphatic carbocycles. The van der Waals surface area contributed by atoms with Gasteiger partial charge in [0.1, 0.15) is 5.54 Å². The molecule has 0 radical (unpaired) electrons. The van der Waals surface area contributed by atoms with Gasteiger partial charge in [-0.1, -0.05) is 12.8 Å². The molecule has 4 heteroatoms. The maximum Gasteiger partial charge on any atom is 0.240 e. The minimum absolute atomic E-state index is 0.0915. The van der Waals surface area contributed by atoms with Crippen molar-refractivity contribution in [3.8, 4) is 0 Å². The Morgan fingerprint density at radius 2 is 2.20 bits per heavy atom. The average molecular weight is 214 g/mol. The maximum absolute atomic E-state index is 11.7. The number of nitrogens with two attached hydrogens (primary N) is 1. The van der Waals surface area contributed by atoms with Crippen molar-refractivity contribution in [2.75, 3.05) is 7.11 Å². The van der Waals surface area contributed by atoms with E-state index in [9.17, 15) is 4.79 Å². The Balaban J connectivity index is 2.89. The molecule has 0 aromatic carbocycles. The van der Waals surface area contributed by atoms with Crippen molar-refractivity contribution in [2.45, 2.75) is 57.2 Å². The molecule has 0 aromatic heterocycles. The zero-order valence-electron chi connectivity index (χ0n) is 9.88. The van der Waals surface area contributed by atoms with Crippen molar-refractivity contribution in [1.29, 1.82) is 0 Å². The molecule has 2 unspecified atom stereocenters. The molecule has 0 heterocycles. The SMILES string of the molecule is COC1CCCCC1(NC(C)C)C(N)=O. The standard InChI is InChI=1S/C11H22N2O2/c1-8(2)13-11(10(12)14)7-5-4-6-9(11)15-3/h8-9,13H,4-7H2,1-3H3,(H2,12,14). The second kappa shape index (κ2) is 4.94. The Hall–Kier alpha value is -0.610. The van der Waals surface area contributed by atoms with Crippen LogP contribution in [0, 0.1) is 0 Å². The van der Waals surface area contributed by atoms with Crippen LogP contribution in [0.3, 0.4) is 0 Å². The first-order valence-electron chi connectivity index (χ1n) is 5.63. The monoisotopic (exact) mass is 214 g/mol. The van der Waals surface area contributed by atoms with E-state index in [2.05, 4.69) is 5.32 Å². The summed E-state index contributed by atoms with van der Waals surface area (Å²) in [6.45, 7) is 4.04. The highest BCUT2D eigenvalue weighted by molar-refractivity contribution is 5.85. The van der Waals surface area contributed by atoms with Gasteiger partial charge in [0.05, 0.1) is 6.10 Å². The molecule has 0 bridgehead atoms. The number of carbonyl (C=O) groups is 1. The second-order valence-electron chi connectivity index (χ2n) is 4.60. The summed E-state index contributed by atoms with van der Waals surface area (Å²) in [6.07, 6.45) is 3.72. The molecule has 0 spiro atoms. The highest BCUT2D eigenvalue weighted by atomic mass is 16.5. The largest absolute Gasteiger partial charge is 0.379 e. The van der Waals surface area contributed by atoms with E-state index in [1.807, 2.05) is 13.8 Å². The predicted octanol–water partition coefficient (Wildman–Crippen LogP) is 0.798. The fourth-order valence-electron chi connectivity index (χ4n) is 2.49. The molecule has 4 nitrogen and oxygen atoms in total. The zero-order valence-corrected chi connectivity index (χ0v) is 9.88. The molecule has 0 saturated heterocycles. The Labute approximate surface area is 91.5 Å². The summed E-state index contributed by atoms with van der Waals surface area (Å²) in [5, 5.41) is 3.30. The third-order valence-corrected chi connectivity index (χ3v) is 3.11. The van der Waals surface area contributed by atoms with E-state index >= 15 is 0 Å². The van der Waals surface area contributed by atoms with Crippen LogP contribution in [-0.4, -0.2) is 30.7 Å². The molecule has 88 valence electrons. The summed E-state index contributed by atoms with van der Waals surface area (Å²) >= 11 is 0. The van der Waals surface area contributed by atoms with Gasteiger partial charge in [-0.25, -0.2) is 0 Å². The lowest BCUT2D eigenvalue weighted by atomic mass is 9.78. The van der Waals surface area contributed by atoms with Gasteiger partial charge in [-0.2, -0.15) is 0 Å². The lowest BCUT2D eigenvalue weighted by Crippen LogP contribution is -2.66. The number of carbonyl (C=O) groups excluding carboxylic acids is 1. The van der Waals surface area contributed by atoms with Crippen LogP contribution >= 0.6 is 0 Å². The van der Waals surface area contributed by atoms with Crippen LogP contribution in [-0.2, 0) is 9.53 Å². The first-order valence-corrected chi connectivity index (χ1v) is 5.63. The summed E-state index contributed by atoms with van der Waals surface area (Å²) in [4.78, 5) is 11.7. The molecule has 15 heavy (non-hydrogen) atoms. The first-order chi connectivity index (χ1) is 7.03. The van der Waals surface area contributed by atoms with Crippen molar-refractivity contribution >= 4 is 5.91 Å². The van der Waals surface area contributed by atoms with E-state index in [-0.39, 0.29) is 18.1 Å². The molecule has 1 aliphatic rings. The van der Waals surface area contributed by atoms with Crippen molar-refractivity contribution in [1.82, 2.24) is 5.32 Å². The number of rotatable bonds is 4. The third kappa shape index (κ3) is 2.49. The third-order valence-electron chi connectivity index (χ3n) is 3.11. The number of hydrogen-bond donors (Lipinski definition) is 2. The fourth-order valence-corrected chi connectivity index (χ4v) is 2.49. The lowest BCUT2D eigenvalue weighted by Gasteiger charge is -2.42. The van der Waals surface area contributed by atoms with E-state index in [1.54, 1.807) is 7.11 Å². The normalized spacial score (nSPS) is 31.9. The summed E-state index contributed by atoms with van der Waals surface area (Å²) < 4.78 is 5.41. The molecule has 2 atom stereocenters. The first kappa shape index (κ1) is 12.5. The van der Waals surface area contributed by atoms with Gasteiger partial charge in [0.25, 0.3) is 0 Å². The molecule has 1 rings (SSSR count). The van der Waals surface area contributed by atoms with Crippen molar-refractivity contribution in [3.05, 3.63) is 0 Å². The molecular weight excluding hydrogens is 192 g/mol.